The summed E-state index contributed by atoms with van der Waals surface area (Å²) in [6.45, 7) is 4.15. The maximum Gasteiger partial charge on any atom is 0.0889 e. The second-order valence-corrected chi connectivity index (χ2v) is 6.24. The molecule has 0 aromatic heterocycles. The summed E-state index contributed by atoms with van der Waals surface area (Å²) in [5.74, 6) is 1.79. The molecule has 0 aliphatic carbocycles. The second-order valence-electron chi connectivity index (χ2n) is 5.09. The third kappa shape index (κ3) is 11.4. The number of aliphatic hydroxyl groups is 2. The Labute approximate surface area is 118 Å². The normalized spacial score (nSPS) is 14.7. The van der Waals surface area contributed by atoms with E-state index in [0.717, 1.165) is 5.75 Å². The van der Waals surface area contributed by atoms with Crippen molar-refractivity contribution < 1.29 is 10.2 Å². The molecule has 0 amide bonds. The first kappa shape index (κ1) is 18.3. The number of aliphatic hydroxyl groups excluding tert-OH is 2. The summed E-state index contributed by atoms with van der Waals surface area (Å²) in [5.41, 5.74) is 0. The molecule has 0 aliphatic heterocycles. The Balaban J connectivity index is 3.11. The maximum absolute atomic E-state index is 9.57. The first-order valence-corrected chi connectivity index (χ1v) is 8.81. The van der Waals surface area contributed by atoms with E-state index in [1.807, 2.05) is 6.92 Å². The molecule has 2 N–H and O–H groups in total. The van der Waals surface area contributed by atoms with Gasteiger partial charge in [0.15, 0.2) is 0 Å². The lowest BCUT2D eigenvalue weighted by Crippen LogP contribution is -2.27. The van der Waals surface area contributed by atoms with Gasteiger partial charge in [0.05, 0.1) is 12.2 Å². The van der Waals surface area contributed by atoms with Gasteiger partial charge in [-0.2, -0.15) is 11.8 Å². The number of thioether (sulfide) groups is 1. The molecule has 2 atom stereocenters. The predicted molar refractivity (Wildman–Crippen MR) is 82.2 cm³/mol. The van der Waals surface area contributed by atoms with Crippen LogP contribution in [-0.2, 0) is 0 Å². The summed E-state index contributed by atoms with van der Waals surface area (Å²) >= 11 is 1.77. The lowest BCUT2D eigenvalue weighted by atomic mass is 10.1. The Kier molecular flexibility index (Phi) is 13.9. The third-order valence-corrected chi connectivity index (χ3v) is 4.45. The molecule has 0 saturated carbocycles. The molecular formula is C15H32O2S. The molecule has 3 heteroatoms. The van der Waals surface area contributed by atoms with Crippen molar-refractivity contribution in [1.29, 1.82) is 0 Å². The summed E-state index contributed by atoms with van der Waals surface area (Å²) in [5, 5.41) is 19.0. The zero-order valence-corrected chi connectivity index (χ0v) is 13.1. The average molecular weight is 276 g/mol. The van der Waals surface area contributed by atoms with Gasteiger partial charge in [0.25, 0.3) is 0 Å². The van der Waals surface area contributed by atoms with Crippen molar-refractivity contribution in [3.05, 3.63) is 0 Å². The van der Waals surface area contributed by atoms with Gasteiger partial charge in [0, 0.05) is 5.75 Å². The molecule has 0 radical (unpaired) electrons. The van der Waals surface area contributed by atoms with E-state index in [2.05, 4.69) is 6.92 Å². The van der Waals surface area contributed by atoms with Crippen molar-refractivity contribution in [2.45, 2.75) is 83.8 Å². The van der Waals surface area contributed by atoms with E-state index in [1.165, 1.54) is 51.4 Å². The number of hydrogen-bond donors (Lipinski definition) is 2. The van der Waals surface area contributed by atoms with Crippen LogP contribution in [0.3, 0.4) is 0 Å². The molecule has 0 aromatic rings. The lowest BCUT2D eigenvalue weighted by Gasteiger charge is -2.15. The van der Waals surface area contributed by atoms with E-state index in [1.54, 1.807) is 11.8 Å². The van der Waals surface area contributed by atoms with Gasteiger partial charge in [-0.25, -0.2) is 0 Å². The highest BCUT2D eigenvalue weighted by molar-refractivity contribution is 7.99. The minimum Gasteiger partial charge on any atom is -0.390 e. The Hall–Kier alpha value is 0.270. The Morgan fingerprint density at radius 3 is 1.89 bits per heavy atom. The van der Waals surface area contributed by atoms with Gasteiger partial charge in [0.1, 0.15) is 0 Å². The highest BCUT2D eigenvalue weighted by Gasteiger charge is 2.13. The SMILES string of the molecule is CCCCCCCCCCSC[C@@H](O)[C@H](O)CC. The van der Waals surface area contributed by atoms with Gasteiger partial charge in [-0.3, -0.25) is 0 Å². The van der Waals surface area contributed by atoms with Crippen LogP contribution in [0.15, 0.2) is 0 Å². The fourth-order valence-electron chi connectivity index (χ4n) is 1.93. The van der Waals surface area contributed by atoms with Crippen LogP contribution in [0.2, 0.25) is 0 Å². The summed E-state index contributed by atoms with van der Waals surface area (Å²) in [7, 11) is 0. The van der Waals surface area contributed by atoms with E-state index in [4.69, 9.17) is 0 Å². The highest BCUT2D eigenvalue weighted by Crippen LogP contribution is 2.13. The molecule has 0 rings (SSSR count). The fraction of sp³-hybridized carbons (Fsp3) is 1.00. The van der Waals surface area contributed by atoms with E-state index in [0.29, 0.717) is 12.2 Å². The van der Waals surface area contributed by atoms with Crippen LogP contribution >= 0.6 is 11.8 Å². The van der Waals surface area contributed by atoms with Crippen LogP contribution in [0.1, 0.15) is 71.6 Å². The van der Waals surface area contributed by atoms with Crippen LogP contribution < -0.4 is 0 Å². The minimum atomic E-state index is -0.547. The molecule has 0 aliphatic rings. The molecule has 2 nitrogen and oxygen atoms in total. The minimum absolute atomic E-state index is 0.545. The molecule has 0 unspecified atom stereocenters. The molecule has 0 bridgehead atoms. The molecular weight excluding hydrogens is 244 g/mol. The summed E-state index contributed by atoms with van der Waals surface area (Å²) in [6, 6.07) is 0. The van der Waals surface area contributed by atoms with Gasteiger partial charge in [-0.05, 0) is 18.6 Å². The highest BCUT2D eigenvalue weighted by atomic mass is 32.2. The van der Waals surface area contributed by atoms with Gasteiger partial charge in [-0.15, -0.1) is 0 Å². The van der Waals surface area contributed by atoms with E-state index >= 15 is 0 Å². The molecule has 110 valence electrons. The molecule has 0 aromatic carbocycles. The average Bonchev–Trinajstić information content (AvgIpc) is 2.39. The smallest absolute Gasteiger partial charge is 0.0889 e. The molecule has 0 spiro atoms. The maximum atomic E-state index is 9.57. The molecule has 0 heterocycles. The number of rotatable bonds is 13. The molecule has 18 heavy (non-hydrogen) atoms. The predicted octanol–water partition coefficient (Wildman–Crippen LogP) is 3.99. The first-order chi connectivity index (χ1) is 8.72. The van der Waals surface area contributed by atoms with Crippen molar-refractivity contribution in [2.75, 3.05) is 11.5 Å². The number of hydrogen-bond acceptors (Lipinski definition) is 3. The van der Waals surface area contributed by atoms with Crippen molar-refractivity contribution in [2.24, 2.45) is 0 Å². The van der Waals surface area contributed by atoms with Crippen LogP contribution in [0.4, 0.5) is 0 Å². The van der Waals surface area contributed by atoms with Crippen LogP contribution in [-0.4, -0.2) is 33.9 Å². The summed E-state index contributed by atoms with van der Waals surface area (Å²) in [6.07, 6.45) is 10.3. The second kappa shape index (κ2) is 13.7. The summed E-state index contributed by atoms with van der Waals surface area (Å²) in [4.78, 5) is 0. The van der Waals surface area contributed by atoms with Gasteiger partial charge < -0.3 is 10.2 Å². The standard InChI is InChI=1S/C15H32O2S/c1-3-5-6-7-8-9-10-11-12-18-13-15(17)14(16)4-2/h14-17H,3-13H2,1-2H3/t14-,15-/m1/s1. The van der Waals surface area contributed by atoms with Gasteiger partial charge in [-0.1, -0.05) is 58.8 Å². The van der Waals surface area contributed by atoms with E-state index < -0.39 is 12.2 Å². The molecule has 0 fully saturated rings. The Morgan fingerprint density at radius 1 is 0.778 bits per heavy atom. The first-order valence-electron chi connectivity index (χ1n) is 7.66. The van der Waals surface area contributed by atoms with Crippen molar-refractivity contribution in [3.63, 3.8) is 0 Å². The van der Waals surface area contributed by atoms with Crippen molar-refractivity contribution >= 4 is 11.8 Å². The van der Waals surface area contributed by atoms with E-state index in [-0.39, 0.29) is 0 Å². The Bertz CT molecular complexity index is 165. The lowest BCUT2D eigenvalue weighted by molar-refractivity contribution is 0.0323. The van der Waals surface area contributed by atoms with Crippen LogP contribution in [0.5, 0.6) is 0 Å². The van der Waals surface area contributed by atoms with Crippen molar-refractivity contribution in [3.8, 4) is 0 Å². The van der Waals surface area contributed by atoms with Crippen molar-refractivity contribution in [1.82, 2.24) is 0 Å². The molecule has 0 saturated heterocycles. The van der Waals surface area contributed by atoms with Crippen LogP contribution in [0, 0.1) is 0 Å². The fourth-order valence-corrected chi connectivity index (χ4v) is 2.96. The zero-order valence-electron chi connectivity index (χ0n) is 12.2. The van der Waals surface area contributed by atoms with E-state index in [9.17, 15) is 10.2 Å². The topological polar surface area (TPSA) is 40.5 Å². The third-order valence-electron chi connectivity index (χ3n) is 3.29. The Morgan fingerprint density at radius 2 is 1.33 bits per heavy atom. The quantitative estimate of drug-likeness (QED) is 0.500. The van der Waals surface area contributed by atoms with Gasteiger partial charge in [0.2, 0.25) is 0 Å². The van der Waals surface area contributed by atoms with Crippen LogP contribution in [0.25, 0.3) is 0 Å². The number of unbranched alkanes of at least 4 members (excludes halogenated alkanes) is 7. The van der Waals surface area contributed by atoms with Gasteiger partial charge >= 0.3 is 0 Å². The monoisotopic (exact) mass is 276 g/mol. The zero-order chi connectivity index (χ0) is 13.6. The largest absolute Gasteiger partial charge is 0.390 e. The summed E-state index contributed by atoms with van der Waals surface area (Å²) < 4.78 is 0.